The zero-order chi connectivity index (χ0) is 9.31. The third kappa shape index (κ3) is 1.54. The largest absolute Gasteiger partial charge is 0.0645 e. The molecule has 0 spiro atoms. The van der Waals surface area contributed by atoms with Crippen LogP contribution in [-0.2, 0) is 5.41 Å². The van der Waals surface area contributed by atoms with Gasteiger partial charge in [-0.3, -0.25) is 0 Å². The average Bonchev–Trinajstić information content (AvgIpc) is 2.07. The van der Waals surface area contributed by atoms with Gasteiger partial charge in [-0.25, -0.2) is 0 Å². The fraction of sp³-hybridized carbons (Fsp3) is 0.500. The Kier molecular flexibility index (Phi) is 2.46. The molecule has 0 bridgehead atoms. The van der Waals surface area contributed by atoms with Crippen LogP contribution >= 0.6 is 15.9 Å². The summed E-state index contributed by atoms with van der Waals surface area (Å²) in [6.45, 7) is 2.31. The molecule has 70 valence electrons. The molecule has 0 radical (unpaired) electrons. The van der Waals surface area contributed by atoms with Crippen molar-refractivity contribution in [1.29, 1.82) is 0 Å². The van der Waals surface area contributed by atoms with Gasteiger partial charge in [0, 0.05) is 4.47 Å². The molecule has 1 aliphatic carbocycles. The van der Waals surface area contributed by atoms with Crippen molar-refractivity contribution >= 4 is 15.9 Å². The second kappa shape index (κ2) is 3.45. The van der Waals surface area contributed by atoms with E-state index in [-0.39, 0.29) is 0 Å². The number of halogens is 1. The third-order valence-electron chi connectivity index (χ3n) is 3.44. The number of hydrogen-bond donors (Lipinski definition) is 0. The summed E-state index contributed by atoms with van der Waals surface area (Å²) in [5.41, 5.74) is 2.06. The van der Waals surface area contributed by atoms with Gasteiger partial charge < -0.3 is 0 Å². The van der Waals surface area contributed by atoms with E-state index in [4.69, 9.17) is 0 Å². The summed E-state index contributed by atoms with van der Waals surface area (Å²) in [6, 6.07) is 8.86. The molecule has 1 aliphatic rings. The van der Waals surface area contributed by atoms with Gasteiger partial charge >= 0.3 is 0 Å². The highest BCUT2D eigenvalue weighted by atomic mass is 79.9. The number of benzene rings is 1. The molecular formula is C12H15Br. The van der Waals surface area contributed by atoms with E-state index in [2.05, 4.69) is 47.1 Å². The van der Waals surface area contributed by atoms with Gasteiger partial charge in [0.25, 0.3) is 0 Å². The molecule has 1 aromatic rings. The maximum absolute atomic E-state index is 3.47. The summed E-state index contributed by atoms with van der Waals surface area (Å²) < 4.78 is 1.18. The molecule has 0 atom stereocenters. The first-order valence-electron chi connectivity index (χ1n) is 5.03. The van der Waals surface area contributed by atoms with E-state index in [9.17, 15) is 0 Å². The van der Waals surface area contributed by atoms with Crippen molar-refractivity contribution in [3.63, 3.8) is 0 Å². The minimum Gasteiger partial charge on any atom is -0.0645 e. The fourth-order valence-electron chi connectivity index (χ4n) is 2.25. The molecule has 0 unspecified atom stereocenters. The first kappa shape index (κ1) is 9.26. The molecule has 0 saturated heterocycles. The predicted octanol–water partition coefficient (Wildman–Crippen LogP) is 4.28. The SMILES string of the molecule is CCC1(c2ccc(Br)cc2)CCC1. The van der Waals surface area contributed by atoms with E-state index < -0.39 is 0 Å². The highest BCUT2D eigenvalue weighted by Gasteiger charge is 2.36. The van der Waals surface area contributed by atoms with Gasteiger partial charge in [0.05, 0.1) is 0 Å². The summed E-state index contributed by atoms with van der Waals surface area (Å²) >= 11 is 3.47. The molecule has 0 heterocycles. The van der Waals surface area contributed by atoms with Crippen LogP contribution in [0.3, 0.4) is 0 Å². The third-order valence-corrected chi connectivity index (χ3v) is 3.97. The van der Waals surface area contributed by atoms with Gasteiger partial charge in [-0.2, -0.15) is 0 Å². The lowest BCUT2D eigenvalue weighted by molar-refractivity contribution is 0.235. The van der Waals surface area contributed by atoms with Crippen LogP contribution in [0.2, 0.25) is 0 Å². The minimum absolute atomic E-state index is 0.528. The van der Waals surface area contributed by atoms with E-state index in [1.165, 1.54) is 35.7 Å². The normalized spacial score (nSPS) is 19.5. The van der Waals surface area contributed by atoms with Crippen LogP contribution in [0.5, 0.6) is 0 Å². The highest BCUT2D eigenvalue weighted by Crippen LogP contribution is 2.46. The van der Waals surface area contributed by atoms with E-state index >= 15 is 0 Å². The van der Waals surface area contributed by atoms with Gasteiger partial charge in [-0.05, 0) is 42.4 Å². The molecule has 2 rings (SSSR count). The van der Waals surface area contributed by atoms with Crippen LogP contribution in [-0.4, -0.2) is 0 Å². The van der Waals surface area contributed by atoms with Crippen molar-refractivity contribution < 1.29 is 0 Å². The smallest absolute Gasteiger partial charge is 0.0175 e. The molecule has 1 fully saturated rings. The molecule has 1 aromatic carbocycles. The maximum atomic E-state index is 3.47. The lowest BCUT2D eigenvalue weighted by atomic mass is 9.63. The lowest BCUT2D eigenvalue weighted by Gasteiger charge is -2.42. The summed E-state index contributed by atoms with van der Waals surface area (Å²) in [5.74, 6) is 0. The van der Waals surface area contributed by atoms with Crippen LogP contribution in [0.4, 0.5) is 0 Å². The second-order valence-electron chi connectivity index (χ2n) is 3.99. The molecule has 0 nitrogen and oxygen atoms in total. The van der Waals surface area contributed by atoms with Crippen LogP contribution in [0.25, 0.3) is 0 Å². The molecule has 0 aliphatic heterocycles. The van der Waals surface area contributed by atoms with Crippen LogP contribution in [0, 0.1) is 0 Å². The van der Waals surface area contributed by atoms with Crippen molar-refractivity contribution in [3.8, 4) is 0 Å². The van der Waals surface area contributed by atoms with Crippen molar-refractivity contribution in [1.82, 2.24) is 0 Å². The van der Waals surface area contributed by atoms with Crippen molar-refractivity contribution in [3.05, 3.63) is 34.3 Å². The summed E-state index contributed by atoms with van der Waals surface area (Å²) in [4.78, 5) is 0. The Hall–Kier alpha value is -0.300. The van der Waals surface area contributed by atoms with Crippen LogP contribution in [0.1, 0.15) is 38.2 Å². The Balaban J connectivity index is 2.28. The monoisotopic (exact) mass is 238 g/mol. The Morgan fingerprint density at radius 2 is 1.85 bits per heavy atom. The Morgan fingerprint density at radius 1 is 1.23 bits per heavy atom. The molecule has 1 saturated carbocycles. The standard InChI is InChI=1S/C12H15Br/c1-2-12(8-3-9-12)10-4-6-11(13)7-5-10/h4-7H,2-3,8-9H2,1H3. The zero-order valence-corrected chi connectivity index (χ0v) is 9.60. The van der Waals surface area contributed by atoms with Gasteiger partial charge in [0.15, 0.2) is 0 Å². The maximum Gasteiger partial charge on any atom is 0.0175 e. The summed E-state index contributed by atoms with van der Waals surface area (Å²) in [5, 5.41) is 0. The first-order chi connectivity index (χ1) is 6.27. The molecule has 0 aromatic heterocycles. The van der Waals surface area contributed by atoms with Gasteiger partial charge in [-0.1, -0.05) is 41.4 Å². The topological polar surface area (TPSA) is 0 Å². The minimum atomic E-state index is 0.528. The molecule has 0 N–H and O–H groups in total. The van der Waals surface area contributed by atoms with E-state index in [0.717, 1.165) is 0 Å². The van der Waals surface area contributed by atoms with Crippen molar-refractivity contribution in [2.45, 2.75) is 38.0 Å². The highest BCUT2D eigenvalue weighted by molar-refractivity contribution is 9.10. The zero-order valence-electron chi connectivity index (χ0n) is 8.02. The summed E-state index contributed by atoms with van der Waals surface area (Å²) in [7, 11) is 0. The molecule has 13 heavy (non-hydrogen) atoms. The van der Waals surface area contributed by atoms with Gasteiger partial charge in [-0.15, -0.1) is 0 Å². The number of rotatable bonds is 2. The lowest BCUT2D eigenvalue weighted by Crippen LogP contribution is -2.33. The van der Waals surface area contributed by atoms with E-state index in [1.54, 1.807) is 0 Å². The molecular weight excluding hydrogens is 224 g/mol. The van der Waals surface area contributed by atoms with Crippen molar-refractivity contribution in [2.24, 2.45) is 0 Å². The quantitative estimate of drug-likeness (QED) is 0.722. The van der Waals surface area contributed by atoms with Crippen LogP contribution < -0.4 is 0 Å². The van der Waals surface area contributed by atoms with E-state index in [1.807, 2.05) is 0 Å². The van der Waals surface area contributed by atoms with Gasteiger partial charge in [0.2, 0.25) is 0 Å². The molecule has 0 amide bonds. The Labute approximate surface area is 88.5 Å². The van der Waals surface area contributed by atoms with Crippen LogP contribution in [0.15, 0.2) is 28.7 Å². The molecule has 1 heteroatoms. The Bertz CT molecular complexity index is 277. The van der Waals surface area contributed by atoms with E-state index in [0.29, 0.717) is 5.41 Å². The average molecular weight is 239 g/mol. The Morgan fingerprint density at radius 3 is 2.23 bits per heavy atom. The second-order valence-corrected chi connectivity index (χ2v) is 4.91. The van der Waals surface area contributed by atoms with Crippen molar-refractivity contribution in [2.75, 3.05) is 0 Å². The fourth-order valence-corrected chi connectivity index (χ4v) is 2.52. The first-order valence-corrected chi connectivity index (χ1v) is 5.82. The number of hydrogen-bond acceptors (Lipinski definition) is 0. The summed E-state index contributed by atoms with van der Waals surface area (Å²) in [6.07, 6.45) is 5.45. The van der Waals surface area contributed by atoms with Gasteiger partial charge in [0.1, 0.15) is 0 Å². The predicted molar refractivity (Wildman–Crippen MR) is 60.0 cm³/mol.